The van der Waals surface area contributed by atoms with E-state index in [9.17, 15) is 18.0 Å². The van der Waals surface area contributed by atoms with Crippen LogP contribution >= 0.6 is 0 Å². The first-order valence-electron chi connectivity index (χ1n) is 10.9. The highest BCUT2D eigenvalue weighted by Crippen LogP contribution is 2.38. The van der Waals surface area contributed by atoms with E-state index in [0.29, 0.717) is 19.4 Å². The molecule has 30 heavy (non-hydrogen) atoms. The molecule has 0 bridgehead atoms. The van der Waals surface area contributed by atoms with Crippen LogP contribution < -0.4 is 0 Å². The number of hydrazone groups is 1. The first-order valence-corrected chi connectivity index (χ1v) is 12.7. The summed E-state index contributed by atoms with van der Waals surface area (Å²) >= 11 is 0. The van der Waals surface area contributed by atoms with Crippen molar-refractivity contribution in [3.05, 3.63) is 0 Å². The van der Waals surface area contributed by atoms with E-state index in [1.807, 2.05) is 6.92 Å². The van der Waals surface area contributed by atoms with Crippen LogP contribution in [0.25, 0.3) is 0 Å². The molecule has 1 heterocycles. The lowest BCUT2D eigenvalue weighted by molar-refractivity contribution is -0.145. The largest absolute Gasteiger partial charge is 0.456 e. The third kappa shape index (κ3) is 5.51. The average Bonchev–Trinajstić information content (AvgIpc) is 3.16. The zero-order chi connectivity index (χ0) is 21.9. The van der Waals surface area contributed by atoms with Crippen molar-refractivity contribution in [2.45, 2.75) is 89.5 Å². The summed E-state index contributed by atoms with van der Waals surface area (Å²) in [5, 5.41) is 5.91. The Morgan fingerprint density at radius 3 is 2.50 bits per heavy atom. The topological polar surface area (TPSA) is 106 Å². The Bertz CT molecular complexity index is 765. The number of fused-ring (bicyclic) bond motifs is 1. The summed E-state index contributed by atoms with van der Waals surface area (Å²) in [6.07, 6.45) is 8.68. The van der Waals surface area contributed by atoms with Crippen molar-refractivity contribution in [1.29, 1.82) is 0 Å². The predicted octanol–water partition coefficient (Wildman–Crippen LogP) is 2.51. The molecule has 10 heteroatoms. The van der Waals surface area contributed by atoms with Crippen molar-refractivity contribution >= 4 is 28.3 Å². The summed E-state index contributed by atoms with van der Waals surface area (Å²) in [4.78, 5) is 26.3. The van der Waals surface area contributed by atoms with Gasteiger partial charge in [-0.1, -0.05) is 26.2 Å². The van der Waals surface area contributed by atoms with Crippen LogP contribution in [0.1, 0.15) is 65.2 Å². The maximum absolute atomic E-state index is 13.0. The van der Waals surface area contributed by atoms with E-state index in [4.69, 9.17) is 8.92 Å². The summed E-state index contributed by atoms with van der Waals surface area (Å²) < 4.78 is 33.8. The number of urea groups is 1. The van der Waals surface area contributed by atoms with Crippen LogP contribution in [-0.4, -0.2) is 73.6 Å². The minimum absolute atomic E-state index is 0.136. The van der Waals surface area contributed by atoms with Crippen molar-refractivity contribution in [2.24, 2.45) is 11.0 Å². The number of esters is 1. The SMILES string of the molecule is CCCN1C(=O)N(/N=C/C(OC(C)=O)C2CCCCC2)C2CC(OS(C)(=O)=O)CC21. The van der Waals surface area contributed by atoms with E-state index in [0.717, 1.165) is 38.4 Å². The van der Waals surface area contributed by atoms with Gasteiger partial charge in [-0.3, -0.25) is 8.98 Å². The fourth-order valence-corrected chi connectivity index (χ4v) is 5.62. The van der Waals surface area contributed by atoms with E-state index >= 15 is 0 Å². The Balaban J connectivity index is 1.77. The van der Waals surface area contributed by atoms with Crippen molar-refractivity contribution in [3.63, 3.8) is 0 Å². The molecule has 3 rings (SSSR count). The smallest absolute Gasteiger partial charge is 0.341 e. The minimum Gasteiger partial charge on any atom is -0.456 e. The van der Waals surface area contributed by atoms with Crippen LogP contribution in [0.2, 0.25) is 0 Å². The first-order chi connectivity index (χ1) is 14.2. The number of hydrogen-bond acceptors (Lipinski definition) is 7. The molecule has 2 saturated carbocycles. The lowest BCUT2D eigenvalue weighted by Crippen LogP contribution is -2.36. The zero-order valence-corrected chi connectivity index (χ0v) is 18.8. The van der Waals surface area contributed by atoms with Crippen LogP contribution in [0, 0.1) is 5.92 Å². The fourth-order valence-electron chi connectivity index (χ4n) is 4.97. The van der Waals surface area contributed by atoms with Crippen LogP contribution in [0.15, 0.2) is 5.10 Å². The van der Waals surface area contributed by atoms with E-state index < -0.39 is 22.3 Å². The number of rotatable bonds is 8. The molecule has 4 atom stereocenters. The molecule has 0 aromatic heterocycles. The number of ether oxygens (including phenoxy) is 1. The number of amides is 2. The van der Waals surface area contributed by atoms with E-state index in [1.54, 1.807) is 11.1 Å². The van der Waals surface area contributed by atoms with Gasteiger partial charge in [0.05, 0.1) is 30.7 Å². The summed E-state index contributed by atoms with van der Waals surface area (Å²) in [7, 11) is -3.57. The van der Waals surface area contributed by atoms with E-state index in [2.05, 4.69) is 5.10 Å². The number of carbonyl (C=O) groups is 2. The van der Waals surface area contributed by atoms with Gasteiger partial charge in [-0.25, -0.2) is 9.80 Å². The lowest BCUT2D eigenvalue weighted by Gasteiger charge is -2.27. The first kappa shape index (κ1) is 23.0. The second kappa shape index (κ2) is 9.64. The van der Waals surface area contributed by atoms with Crippen molar-refractivity contribution < 1.29 is 26.9 Å². The molecule has 9 nitrogen and oxygen atoms in total. The summed E-state index contributed by atoms with van der Waals surface area (Å²) in [6.45, 7) is 3.95. The Labute approximate surface area is 178 Å². The molecule has 4 unspecified atom stereocenters. The van der Waals surface area contributed by atoms with Gasteiger partial charge in [0.1, 0.15) is 6.10 Å². The average molecular weight is 444 g/mol. The van der Waals surface area contributed by atoms with E-state index in [-0.39, 0.29) is 30.0 Å². The number of carbonyl (C=O) groups excluding carboxylic acids is 2. The second-order valence-electron chi connectivity index (χ2n) is 8.59. The lowest BCUT2D eigenvalue weighted by atomic mass is 9.85. The van der Waals surface area contributed by atoms with Crippen LogP contribution in [0.4, 0.5) is 4.79 Å². The number of hydrogen-bond donors (Lipinski definition) is 0. The van der Waals surface area contributed by atoms with Crippen LogP contribution in [0.3, 0.4) is 0 Å². The Kier molecular flexibility index (Phi) is 7.38. The third-order valence-corrected chi connectivity index (χ3v) is 6.76. The molecule has 1 saturated heterocycles. The highest BCUT2D eigenvalue weighted by molar-refractivity contribution is 7.86. The second-order valence-corrected chi connectivity index (χ2v) is 10.2. The molecule has 2 aliphatic carbocycles. The highest BCUT2D eigenvalue weighted by atomic mass is 32.2. The molecule has 3 aliphatic rings. The summed E-state index contributed by atoms with van der Waals surface area (Å²) in [6, 6.07) is -0.578. The Morgan fingerprint density at radius 2 is 1.90 bits per heavy atom. The molecular weight excluding hydrogens is 410 g/mol. The Hall–Kier alpha value is -1.68. The van der Waals surface area contributed by atoms with Gasteiger partial charge in [0.15, 0.2) is 0 Å². The van der Waals surface area contributed by atoms with Gasteiger partial charge < -0.3 is 9.64 Å². The van der Waals surface area contributed by atoms with E-state index in [1.165, 1.54) is 18.4 Å². The fraction of sp³-hybridized carbons (Fsp3) is 0.850. The molecule has 1 aliphatic heterocycles. The monoisotopic (exact) mass is 443 g/mol. The van der Waals surface area contributed by atoms with Gasteiger partial charge >= 0.3 is 12.0 Å². The van der Waals surface area contributed by atoms with Gasteiger partial charge in [0.2, 0.25) is 0 Å². The minimum atomic E-state index is -3.57. The quantitative estimate of drug-likeness (QED) is 0.324. The zero-order valence-electron chi connectivity index (χ0n) is 18.0. The van der Waals surface area contributed by atoms with Gasteiger partial charge in [0.25, 0.3) is 10.1 Å². The van der Waals surface area contributed by atoms with Gasteiger partial charge in [0, 0.05) is 19.4 Å². The van der Waals surface area contributed by atoms with Crippen LogP contribution in [0.5, 0.6) is 0 Å². The Morgan fingerprint density at radius 1 is 1.23 bits per heavy atom. The van der Waals surface area contributed by atoms with Crippen molar-refractivity contribution in [2.75, 3.05) is 12.8 Å². The molecule has 2 amide bonds. The van der Waals surface area contributed by atoms with Crippen LogP contribution in [-0.2, 0) is 23.8 Å². The summed E-state index contributed by atoms with van der Waals surface area (Å²) in [5.41, 5.74) is 0. The third-order valence-electron chi connectivity index (χ3n) is 6.14. The molecule has 170 valence electrons. The predicted molar refractivity (Wildman–Crippen MR) is 111 cm³/mol. The molecule has 0 aromatic rings. The molecule has 3 fully saturated rings. The molecule has 0 radical (unpaired) electrons. The van der Waals surface area contributed by atoms with Gasteiger partial charge in [-0.2, -0.15) is 13.5 Å². The van der Waals surface area contributed by atoms with Gasteiger partial charge in [-0.15, -0.1) is 0 Å². The molecule has 0 spiro atoms. The highest BCUT2D eigenvalue weighted by Gasteiger charge is 2.52. The molecule has 0 aromatic carbocycles. The van der Waals surface area contributed by atoms with Crippen molar-refractivity contribution in [3.8, 4) is 0 Å². The maximum Gasteiger partial charge on any atom is 0.341 e. The molecular formula is C20H33N3O6S. The van der Waals surface area contributed by atoms with Crippen molar-refractivity contribution in [1.82, 2.24) is 9.91 Å². The normalized spacial score (nSPS) is 28.9. The number of nitrogens with zero attached hydrogens (tertiary/aromatic N) is 3. The standard InChI is InChI=1S/C20H33N3O6S/c1-4-10-22-17-11-16(29-30(3,26)27)12-18(17)23(20(22)25)21-13-19(28-14(2)24)15-8-6-5-7-9-15/h13,15-19H,4-12H2,1-3H3/b21-13+. The summed E-state index contributed by atoms with van der Waals surface area (Å²) in [5.74, 6) is -0.158. The van der Waals surface area contributed by atoms with Gasteiger partial charge in [-0.05, 0) is 32.1 Å². The maximum atomic E-state index is 13.0. The molecule has 0 N–H and O–H groups in total.